The second kappa shape index (κ2) is 6.26. The summed E-state index contributed by atoms with van der Waals surface area (Å²) in [5.41, 5.74) is 7.30. The van der Waals surface area contributed by atoms with E-state index in [2.05, 4.69) is 4.72 Å². The molecule has 0 radical (unpaired) electrons. The van der Waals surface area contributed by atoms with Crippen molar-refractivity contribution in [1.29, 1.82) is 0 Å². The maximum Gasteiger partial charge on any atom is 0.241 e. The monoisotopic (exact) mass is 306 g/mol. The van der Waals surface area contributed by atoms with E-state index in [0.29, 0.717) is 16.8 Å². The van der Waals surface area contributed by atoms with Gasteiger partial charge in [-0.3, -0.25) is 0 Å². The zero-order valence-corrected chi connectivity index (χ0v) is 12.5. The second-order valence-corrected chi connectivity index (χ2v) is 6.48. The molecule has 0 aliphatic rings. The van der Waals surface area contributed by atoms with Crippen LogP contribution in [0.25, 0.3) is 0 Å². The van der Waals surface area contributed by atoms with Gasteiger partial charge >= 0.3 is 0 Å². The van der Waals surface area contributed by atoms with E-state index in [4.69, 9.17) is 5.73 Å². The van der Waals surface area contributed by atoms with E-state index in [1.165, 1.54) is 6.07 Å². The third-order valence-electron chi connectivity index (χ3n) is 3.27. The van der Waals surface area contributed by atoms with Gasteiger partial charge in [-0.2, -0.15) is 0 Å². The molecular formula is C15H18N2O3S. The molecule has 5 nitrogen and oxygen atoms in total. The predicted octanol–water partition coefficient (Wildman–Crippen LogP) is 1.59. The molecule has 0 aliphatic carbocycles. The molecule has 0 bridgehead atoms. The Morgan fingerprint density at radius 1 is 1.14 bits per heavy atom. The number of anilines is 1. The quantitative estimate of drug-likeness (QED) is 0.731. The molecule has 2 aromatic carbocycles. The Morgan fingerprint density at radius 2 is 1.81 bits per heavy atom. The van der Waals surface area contributed by atoms with Crippen LogP contribution in [0.3, 0.4) is 0 Å². The summed E-state index contributed by atoms with van der Waals surface area (Å²) >= 11 is 0. The Hall–Kier alpha value is -1.89. The average molecular weight is 306 g/mol. The van der Waals surface area contributed by atoms with Crippen LogP contribution in [0.15, 0.2) is 53.4 Å². The molecule has 0 amide bonds. The van der Waals surface area contributed by atoms with E-state index in [0.717, 1.165) is 0 Å². The Labute approximate surface area is 124 Å². The van der Waals surface area contributed by atoms with Crippen molar-refractivity contribution in [3.63, 3.8) is 0 Å². The minimum Gasteiger partial charge on any atom is -0.398 e. The minimum absolute atomic E-state index is 0.0966. The van der Waals surface area contributed by atoms with Crippen molar-refractivity contribution in [1.82, 2.24) is 4.72 Å². The normalized spacial score (nSPS) is 13.0. The summed E-state index contributed by atoms with van der Waals surface area (Å²) in [5.74, 6) is 0. The molecule has 0 saturated carbocycles. The van der Waals surface area contributed by atoms with Gasteiger partial charge in [0.1, 0.15) is 0 Å². The molecule has 2 rings (SSSR count). The van der Waals surface area contributed by atoms with Crippen LogP contribution < -0.4 is 10.5 Å². The van der Waals surface area contributed by atoms with Gasteiger partial charge in [0, 0.05) is 12.2 Å². The topological polar surface area (TPSA) is 92.4 Å². The highest BCUT2D eigenvalue weighted by atomic mass is 32.2. The molecule has 1 unspecified atom stereocenters. The molecule has 6 heteroatoms. The number of aliphatic hydroxyl groups is 1. The van der Waals surface area contributed by atoms with E-state index in [9.17, 15) is 13.5 Å². The molecule has 2 aromatic rings. The van der Waals surface area contributed by atoms with Crippen LogP contribution in [-0.4, -0.2) is 20.1 Å². The lowest BCUT2D eigenvalue weighted by Crippen LogP contribution is -2.29. The van der Waals surface area contributed by atoms with Crippen LogP contribution in [0.2, 0.25) is 0 Å². The zero-order valence-electron chi connectivity index (χ0n) is 11.7. The molecule has 0 heterocycles. The number of nitrogens with one attached hydrogen (secondary N) is 1. The number of sulfonamides is 1. The van der Waals surface area contributed by atoms with Crippen LogP contribution in [0.5, 0.6) is 0 Å². The number of hydrogen-bond acceptors (Lipinski definition) is 4. The van der Waals surface area contributed by atoms with Crippen molar-refractivity contribution in [3.05, 3.63) is 59.7 Å². The molecule has 0 spiro atoms. The molecule has 0 fully saturated rings. The number of nitrogen functional groups attached to an aromatic ring is 1. The van der Waals surface area contributed by atoms with Gasteiger partial charge in [-0.25, -0.2) is 13.1 Å². The van der Waals surface area contributed by atoms with Crippen molar-refractivity contribution in [2.45, 2.75) is 17.9 Å². The number of rotatable bonds is 5. The summed E-state index contributed by atoms with van der Waals surface area (Å²) in [5, 5.41) is 10.0. The fourth-order valence-electron chi connectivity index (χ4n) is 1.98. The van der Waals surface area contributed by atoms with E-state index in [1.807, 2.05) is 6.07 Å². The van der Waals surface area contributed by atoms with E-state index >= 15 is 0 Å². The second-order valence-electron chi connectivity index (χ2n) is 4.75. The summed E-state index contributed by atoms with van der Waals surface area (Å²) in [6.07, 6.45) is -0.901. The standard InChI is InChI=1S/C15H18N2O3S/c1-11-13(16)8-5-9-15(11)21(19,20)17-10-14(18)12-6-3-2-4-7-12/h2-9,14,17-18H,10,16H2,1H3. The lowest BCUT2D eigenvalue weighted by Gasteiger charge is -2.14. The van der Waals surface area contributed by atoms with E-state index < -0.39 is 16.1 Å². The molecule has 4 N–H and O–H groups in total. The summed E-state index contributed by atoms with van der Waals surface area (Å²) in [6.45, 7) is 1.55. The van der Waals surface area contributed by atoms with Crippen molar-refractivity contribution >= 4 is 15.7 Å². The molecule has 1 atom stereocenters. The largest absolute Gasteiger partial charge is 0.398 e. The van der Waals surface area contributed by atoms with Gasteiger partial charge in [-0.15, -0.1) is 0 Å². The van der Waals surface area contributed by atoms with Gasteiger partial charge in [0.15, 0.2) is 0 Å². The van der Waals surface area contributed by atoms with Crippen molar-refractivity contribution in [2.75, 3.05) is 12.3 Å². The number of hydrogen-bond donors (Lipinski definition) is 3. The summed E-state index contributed by atoms with van der Waals surface area (Å²) in [4.78, 5) is 0.128. The van der Waals surface area contributed by atoms with Crippen molar-refractivity contribution in [2.24, 2.45) is 0 Å². The Balaban J connectivity index is 2.14. The first-order chi connectivity index (χ1) is 9.92. The maximum absolute atomic E-state index is 12.3. The fourth-order valence-corrected chi connectivity index (χ4v) is 3.29. The van der Waals surface area contributed by atoms with Crippen molar-refractivity contribution in [3.8, 4) is 0 Å². The van der Waals surface area contributed by atoms with Crippen LogP contribution in [0.1, 0.15) is 17.2 Å². The van der Waals surface area contributed by atoms with Crippen LogP contribution in [-0.2, 0) is 10.0 Å². The van der Waals surface area contributed by atoms with Gasteiger partial charge in [-0.05, 0) is 30.2 Å². The highest BCUT2D eigenvalue weighted by molar-refractivity contribution is 7.89. The zero-order chi connectivity index (χ0) is 15.5. The van der Waals surface area contributed by atoms with E-state index in [1.54, 1.807) is 43.3 Å². The van der Waals surface area contributed by atoms with Crippen LogP contribution >= 0.6 is 0 Å². The van der Waals surface area contributed by atoms with Crippen LogP contribution in [0.4, 0.5) is 5.69 Å². The third kappa shape index (κ3) is 3.60. The number of nitrogens with two attached hydrogens (primary N) is 1. The number of benzene rings is 2. The highest BCUT2D eigenvalue weighted by Crippen LogP contribution is 2.20. The fraction of sp³-hybridized carbons (Fsp3) is 0.200. The molecule has 0 saturated heterocycles. The van der Waals surface area contributed by atoms with E-state index in [-0.39, 0.29) is 11.4 Å². The average Bonchev–Trinajstić information content (AvgIpc) is 2.48. The molecule has 0 aliphatic heterocycles. The Kier molecular flexibility index (Phi) is 4.62. The SMILES string of the molecule is Cc1c(N)cccc1S(=O)(=O)NCC(O)c1ccccc1. The minimum atomic E-state index is -3.71. The first-order valence-corrected chi connectivity index (χ1v) is 7.98. The van der Waals surface area contributed by atoms with Crippen LogP contribution in [0, 0.1) is 6.92 Å². The molecule has 21 heavy (non-hydrogen) atoms. The smallest absolute Gasteiger partial charge is 0.241 e. The highest BCUT2D eigenvalue weighted by Gasteiger charge is 2.19. The van der Waals surface area contributed by atoms with Gasteiger partial charge in [0.05, 0.1) is 11.0 Å². The van der Waals surface area contributed by atoms with Crippen molar-refractivity contribution < 1.29 is 13.5 Å². The van der Waals surface area contributed by atoms with Gasteiger partial charge in [0.2, 0.25) is 10.0 Å². The Morgan fingerprint density at radius 3 is 2.48 bits per heavy atom. The summed E-state index contributed by atoms with van der Waals surface area (Å²) < 4.78 is 26.9. The first kappa shape index (κ1) is 15.5. The summed E-state index contributed by atoms with van der Waals surface area (Å²) in [7, 11) is -3.71. The first-order valence-electron chi connectivity index (χ1n) is 6.49. The van der Waals surface area contributed by atoms with Gasteiger partial charge in [0.25, 0.3) is 0 Å². The lowest BCUT2D eigenvalue weighted by atomic mass is 10.1. The lowest BCUT2D eigenvalue weighted by molar-refractivity contribution is 0.182. The van der Waals surface area contributed by atoms with Gasteiger partial charge < -0.3 is 10.8 Å². The number of aliphatic hydroxyl groups excluding tert-OH is 1. The maximum atomic E-state index is 12.3. The third-order valence-corrected chi connectivity index (χ3v) is 4.83. The predicted molar refractivity (Wildman–Crippen MR) is 82.2 cm³/mol. The summed E-state index contributed by atoms with van der Waals surface area (Å²) in [6, 6.07) is 13.6. The molecule has 112 valence electrons. The Bertz CT molecular complexity index is 715. The van der Waals surface area contributed by atoms with Gasteiger partial charge in [-0.1, -0.05) is 36.4 Å². The molecule has 0 aromatic heterocycles. The molecular weight excluding hydrogens is 288 g/mol.